The molecule has 0 spiro atoms. The Morgan fingerprint density at radius 1 is 0.795 bits per heavy atom. The summed E-state index contributed by atoms with van der Waals surface area (Å²) in [5.41, 5.74) is 4.34. The molecule has 2 aromatic heterocycles. The molecule has 0 saturated carbocycles. The van der Waals surface area contributed by atoms with Crippen LogP contribution in [0.1, 0.15) is 10.4 Å². The lowest BCUT2D eigenvalue weighted by molar-refractivity contribution is -0.119. The number of thiazole rings is 1. The number of rotatable bonds is 9. The summed E-state index contributed by atoms with van der Waals surface area (Å²) in [6.07, 6.45) is 0. The quantitative estimate of drug-likeness (QED) is 0.204. The van der Waals surface area contributed by atoms with Gasteiger partial charge in [0.05, 0.1) is 11.3 Å². The zero-order chi connectivity index (χ0) is 27.2. The number of nitrogens with zero attached hydrogens (tertiary/aromatic N) is 1. The predicted octanol–water partition coefficient (Wildman–Crippen LogP) is 6.13. The maximum absolute atomic E-state index is 12.4. The largest absolute Gasteiger partial charge is 0.452 e. The molecule has 196 valence electrons. The summed E-state index contributed by atoms with van der Waals surface area (Å²) in [5.74, 6) is -1.24. The third-order valence-electron chi connectivity index (χ3n) is 5.51. The molecule has 0 atom stereocenters. The van der Waals surface area contributed by atoms with Crippen molar-refractivity contribution in [3.63, 3.8) is 0 Å². The molecule has 0 fully saturated rings. The molecule has 11 heteroatoms. The van der Waals surface area contributed by atoms with Crippen molar-refractivity contribution >= 4 is 55.4 Å². The number of amides is 1. The molecule has 1 amide bonds. The lowest BCUT2D eigenvalue weighted by Gasteiger charge is -2.08. The van der Waals surface area contributed by atoms with E-state index in [2.05, 4.69) is 15.0 Å². The maximum Gasteiger partial charge on any atom is 0.338 e. The summed E-state index contributed by atoms with van der Waals surface area (Å²) < 4.78 is 32.4. The molecule has 39 heavy (non-hydrogen) atoms. The maximum atomic E-state index is 12.4. The fourth-order valence-electron chi connectivity index (χ4n) is 3.59. The van der Waals surface area contributed by atoms with Crippen molar-refractivity contribution in [2.75, 3.05) is 16.6 Å². The highest BCUT2D eigenvalue weighted by molar-refractivity contribution is 7.94. The summed E-state index contributed by atoms with van der Waals surface area (Å²) in [4.78, 5) is 29.1. The van der Waals surface area contributed by atoms with E-state index >= 15 is 0 Å². The van der Waals surface area contributed by atoms with E-state index in [9.17, 15) is 18.0 Å². The van der Waals surface area contributed by atoms with Crippen molar-refractivity contribution in [2.45, 2.75) is 4.21 Å². The summed E-state index contributed by atoms with van der Waals surface area (Å²) >= 11 is 2.37. The van der Waals surface area contributed by atoms with Crippen LogP contribution in [0.15, 0.2) is 106 Å². The van der Waals surface area contributed by atoms with Crippen LogP contribution in [0.3, 0.4) is 0 Å². The molecule has 8 nitrogen and oxygen atoms in total. The molecule has 5 rings (SSSR count). The molecule has 2 heterocycles. The Morgan fingerprint density at radius 2 is 1.49 bits per heavy atom. The van der Waals surface area contributed by atoms with Gasteiger partial charge < -0.3 is 4.74 Å². The highest BCUT2D eigenvalue weighted by atomic mass is 32.2. The van der Waals surface area contributed by atoms with Crippen LogP contribution >= 0.6 is 22.7 Å². The Labute approximate surface area is 233 Å². The van der Waals surface area contributed by atoms with Crippen molar-refractivity contribution in [1.82, 2.24) is 4.98 Å². The minimum atomic E-state index is -3.69. The Bertz CT molecular complexity index is 1680. The van der Waals surface area contributed by atoms with Crippen LogP contribution in [0.4, 0.5) is 10.8 Å². The Kier molecular flexibility index (Phi) is 7.82. The van der Waals surface area contributed by atoms with Gasteiger partial charge >= 0.3 is 5.97 Å². The molecule has 3 aromatic carbocycles. The summed E-state index contributed by atoms with van der Waals surface area (Å²) in [6, 6.07) is 26.9. The number of carbonyl (C=O) groups excluding carboxylic acids is 2. The Morgan fingerprint density at radius 3 is 2.18 bits per heavy atom. The number of hydrogen-bond acceptors (Lipinski definition) is 8. The second kappa shape index (κ2) is 11.6. The van der Waals surface area contributed by atoms with E-state index in [-0.39, 0.29) is 9.77 Å². The average Bonchev–Trinajstić information content (AvgIpc) is 3.66. The molecule has 0 aliphatic heterocycles. The van der Waals surface area contributed by atoms with Gasteiger partial charge in [-0.15, -0.1) is 22.7 Å². The van der Waals surface area contributed by atoms with E-state index in [1.807, 2.05) is 60.0 Å². The van der Waals surface area contributed by atoms with Crippen LogP contribution in [-0.2, 0) is 19.6 Å². The third-order valence-corrected chi connectivity index (χ3v) is 9.04. The number of sulfonamides is 1. The van der Waals surface area contributed by atoms with E-state index < -0.39 is 28.5 Å². The van der Waals surface area contributed by atoms with E-state index in [1.165, 1.54) is 41.7 Å². The molecule has 0 radical (unpaired) electrons. The molecular weight excluding hydrogens is 555 g/mol. The predicted molar refractivity (Wildman–Crippen MR) is 153 cm³/mol. The first kappa shape index (κ1) is 26.3. The van der Waals surface area contributed by atoms with Gasteiger partial charge in [-0.2, -0.15) is 0 Å². The highest BCUT2D eigenvalue weighted by Crippen LogP contribution is 2.28. The van der Waals surface area contributed by atoms with Crippen molar-refractivity contribution < 1.29 is 22.7 Å². The van der Waals surface area contributed by atoms with Crippen molar-refractivity contribution in [3.8, 4) is 22.4 Å². The second-order valence-electron chi connectivity index (χ2n) is 8.22. The van der Waals surface area contributed by atoms with Crippen LogP contribution < -0.4 is 10.0 Å². The molecular formula is C28H21N3O5S3. The van der Waals surface area contributed by atoms with Crippen LogP contribution in [0.5, 0.6) is 0 Å². The lowest BCUT2D eigenvalue weighted by atomic mass is 10.0. The number of nitrogens with one attached hydrogen (secondary N) is 2. The summed E-state index contributed by atoms with van der Waals surface area (Å²) in [5, 5.41) is 6.54. The van der Waals surface area contributed by atoms with E-state index in [1.54, 1.807) is 11.4 Å². The number of aromatic nitrogens is 1. The van der Waals surface area contributed by atoms with E-state index in [0.717, 1.165) is 33.7 Å². The smallest absolute Gasteiger partial charge is 0.338 e. The number of benzene rings is 3. The SMILES string of the molecule is O=C(COC(=O)c1ccc(NS(=O)(=O)c2cccs2)cc1)Nc1nc(-c2ccc(-c3ccccc3)cc2)cs1. The number of thiophene rings is 1. The van der Waals surface area contributed by atoms with Gasteiger partial charge in [-0.1, -0.05) is 60.7 Å². The van der Waals surface area contributed by atoms with Gasteiger partial charge in [-0.05, 0) is 46.8 Å². The normalized spacial score (nSPS) is 11.1. The number of ether oxygens (including phenoxy) is 1. The minimum absolute atomic E-state index is 0.178. The van der Waals surface area contributed by atoms with Gasteiger partial charge in [-0.3, -0.25) is 14.8 Å². The number of esters is 1. The van der Waals surface area contributed by atoms with Gasteiger partial charge in [-0.25, -0.2) is 18.2 Å². The van der Waals surface area contributed by atoms with E-state index in [0.29, 0.717) is 10.8 Å². The van der Waals surface area contributed by atoms with Crippen molar-refractivity contribution in [2.24, 2.45) is 0 Å². The molecule has 2 N–H and O–H groups in total. The van der Waals surface area contributed by atoms with Crippen molar-refractivity contribution in [1.29, 1.82) is 0 Å². The van der Waals surface area contributed by atoms with Gasteiger partial charge in [0.2, 0.25) is 0 Å². The number of carbonyl (C=O) groups is 2. The molecule has 0 saturated heterocycles. The number of hydrogen-bond donors (Lipinski definition) is 2. The van der Waals surface area contributed by atoms with Crippen LogP contribution in [-0.4, -0.2) is 31.9 Å². The molecule has 0 unspecified atom stereocenters. The van der Waals surface area contributed by atoms with Crippen LogP contribution in [0, 0.1) is 0 Å². The lowest BCUT2D eigenvalue weighted by Crippen LogP contribution is -2.20. The third kappa shape index (κ3) is 6.58. The second-order valence-corrected chi connectivity index (χ2v) is 11.9. The standard InChI is InChI=1S/C28H21N3O5S3/c32-25(17-36-27(33)22-12-14-23(15-13-22)31-39(34,35)26-7-4-16-37-26)30-28-29-24(18-38-28)21-10-8-20(9-11-21)19-5-2-1-3-6-19/h1-16,18,31H,17H2,(H,29,30,32). The number of anilines is 2. The first-order valence-electron chi connectivity index (χ1n) is 11.6. The fraction of sp³-hybridized carbons (Fsp3) is 0.0357. The van der Waals surface area contributed by atoms with Crippen molar-refractivity contribution in [3.05, 3.63) is 107 Å². The van der Waals surface area contributed by atoms with Gasteiger partial charge in [0.1, 0.15) is 4.21 Å². The summed E-state index contributed by atoms with van der Waals surface area (Å²) in [7, 11) is -3.69. The van der Waals surface area contributed by atoms with Gasteiger partial charge in [0.25, 0.3) is 15.9 Å². The van der Waals surface area contributed by atoms with Gasteiger partial charge in [0.15, 0.2) is 11.7 Å². The Balaban J connectivity index is 1.12. The molecule has 0 aliphatic rings. The highest BCUT2D eigenvalue weighted by Gasteiger charge is 2.16. The minimum Gasteiger partial charge on any atom is -0.452 e. The zero-order valence-corrected chi connectivity index (χ0v) is 22.7. The Hall–Kier alpha value is -4.32. The van der Waals surface area contributed by atoms with Gasteiger partial charge in [0, 0.05) is 16.6 Å². The fourth-order valence-corrected chi connectivity index (χ4v) is 6.38. The van der Waals surface area contributed by atoms with Crippen LogP contribution in [0.2, 0.25) is 0 Å². The first-order valence-corrected chi connectivity index (χ1v) is 14.9. The average molecular weight is 576 g/mol. The monoisotopic (exact) mass is 575 g/mol. The molecule has 5 aromatic rings. The summed E-state index contributed by atoms with van der Waals surface area (Å²) in [6.45, 7) is -0.494. The van der Waals surface area contributed by atoms with Crippen LogP contribution in [0.25, 0.3) is 22.4 Å². The topological polar surface area (TPSA) is 114 Å². The first-order chi connectivity index (χ1) is 18.9. The van der Waals surface area contributed by atoms with E-state index in [4.69, 9.17) is 4.74 Å². The molecule has 0 aliphatic carbocycles. The zero-order valence-electron chi connectivity index (χ0n) is 20.2. The molecule has 0 bridgehead atoms.